The predicted molar refractivity (Wildman–Crippen MR) is 43.7 cm³/mol. The summed E-state index contributed by atoms with van der Waals surface area (Å²) < 4.78 is 10.8. The Bertz CT molecular complexity index is 130. The summed E-state index contributed by atoms with van der Waals surface area (Å²) in [6.07, 6.45) is 4.52. The molecule has 0 aromatic heterocycles. The largest absolute Gasteiger partial charge is 0.252 e. The summed E-state index contributed by atoms with van der Waals surface area (Å²) >= 11 is 0. The molecule has 0 aromatic rings. The van der Waals surface area contributed by atoms with Crippen molar-refractivity contribution in [1.82, 2.24) is 0 Å². The molecule has 0 heterocycles. The first-order valence-electron chi connectivity index (χ1n) is 3.85. The summed E-state index contributed by atoms with van der Waals surface area (Å²) in [7, 11) is -1.07. The molecule has 60 valence electrons. The van der Waals surface area contributed by atoms with Crippen LogP contribution < -0.4 is 5.14 Å². The van der Waals surface area contributed by atoms with Crippen LogP contribution in [0.3, 0.4) is 0 Å². The minimum Gasteiger partial charge on any atom is -0.252 e. The normalized spacial score (nSPS) is 37.4. The lowest BCUT2D eigenvalue weighted by Crippen LogP contribution is -2.26. The summed E-state index contributed by atoms with van der Waals surface area (Å²) in [5.74, 6) is 0.819. The second-order valence-corrected chi connectivity index (χ2v) is 4.53. The van der Waals surface area contributed by atoms with Gasteiger partial charge >= 0.3 is 0 Å². The van der Waals surface area contributed by atoms with Gasteiger partial charge in [-0.15, -0.1) is 0 Å². The van der Waals surface area contributed by atoms with E-state index in [1.807, 2.05) is 0 Å². The van der Waals surface area contributed by atoms with E-state index in [4.69, 9.17) is 5.14 Å². The van der Waals surface area contributed by atoms with Crippen molar-refractivity contribution in [1.29, 1.82) is 0 Å². The van der Waals surface area contributed by atoms with Gasteiger partial charge in [0, 0.05) is 5.25 Å². The Labute approximate surface area is 64.8 Å². The van der Waals surface area contributed by atoms with Gasteiger partial charge in [0.25, 0.3) is 0 Å². The third-order valence-electron chi connectivity index (χ3n) is 2.29. The zero-order valence-electron chi connectivity index (χ0n) is 6.38. The molecule has 0 radical (unpaired) electrons. The van der Waals surface area contributed by atoms with Crippen molar-refractivity contribution in [2.75, 3.05) is 0 Å². The zero-order valence-corrected chi connectivity index (χ0v) is 7.19. The Morgan fingerprint density at radius 2 is 1.80 bits per heavy atom. The number of nitrogens with two attached hydrogens (primary N) is 1. The molecule has 0 bridgehead atoms. The molecular formula is C7H15NOS. The van der Waals surface area contributed by atoms with Gasteiger partial charge in [0.15, 0.2) is 0 Å². The average molecular weight is 161 g/mol. The highest BCUT2D eigenvalue weighted by molar-refractivity contribution is 7.83. The van der Waals surface area contributed by atoms with Crippen molar-refractivity contribution in [2.24, 2.45) is 11.1 Å². The van der Waals surface area contributed by atoms with Gasteiger partial charge in [-0.1, -0.05) is 6.92 Å². The van der Waals surface area contributed by atoms with Crippen LogP contribution in [0.5, 0.6) is 0 Å². The maximum Gasteiger partial charge on any atom is 0.0919 e. The second kappa shape index (κ2) is 3.49. The van der Waals surface area contributed by atoms with Gasteiger partial charge in [0.2, 0.25) is 0 Å². The van der Waals surface area contributed by atoms with Crippen LogP contribution in [0, 0.1) is 5.92 Å². The number of hydrogen-bond donors (Lipinski definition) is 1. The molecule has 0 aliphatic heterocycles. The number of hydrogen-bond acceptors (Lipinski definition) is 1. The zero-order chi connectivity index (χ0) is 7.56. The molecule has 0 saturated heterocycles. The van der Waals surface area contributed by atoms with E-state index in [1.165, 1.54) is 12.8 Å². The van der Waals surface area contributed by atoms with Gasteiger partial charge < -0.3 is 0 Å². The molecule has 0 aromatic carbocycles. The van der Waals surface area contributed by atoms with Gasteiger partial charge in [-0.25, -0.2) is 4.21 Å². The molecule has 0 spiro atoms. The summed E-state index contributed by atoms with van der Waals surface area (Å²) in [6.45, 7) is 2.25. The van der Waals surface area contributed by atoms with E-state index in [2.05, 4.69) is 6.92 Å². The summed E-state index contributed by atoms with van der Waals surface area (Å²) in [5, 5.41) is 5.57. The van der Waals surface area contributed by atoms with Gasteiger partial charge in [-0.2, -0.15) is 0 Å². The van der Waals surface area contributed by atoms with Crippen LogP contribution in [0.1, 0.15) is 32.6 Å². The quantitative estimate of drug-likeness (QED) is 0.616. The van der Waals surface area contributed by atoms with Crippen LogP contribution in [0.15, 0.2) is 0 Å². The fourth-order valence-corrected chi connectivity index (χ4v) is 2.20. The van der Waals surface area contributed by atoms with Crippen LogP contribution in [0.25, 0.3) is 0 Å². The molecule has 1 rings (SSSR count). The molecule has 1 saturated carbocycles. The Hall–Kier alpha value is 0.110. The predicted octanol–water partition coefficient (Wildman–Crippen LogP) is 1.19. The molecule has 3 heteroatoms. The lowest BCUT2D eigenvalue weighted by atomic mass is 9.91. The van der Waals surface area contributed by atoms with Gasteiger partial charge in [0.05, 0.1) is 11.0 Å². The van der Waals surface area contributed by atoms with E-state index in [-0.39, 0.29) is 5.25 Å². The first-order valence-corrected chi connectivity index (χ1v) is 5.12. The molecular weight excluding hydrogens is 146 g/mol. The van der Waals surface area contributed by atoms with Gasteiger partial charge in [-0.05, 0) is 31.6 Å². The highest BCUT2D eigenvalue weighted by Crippen LogP contribution is 2.25. The Balaban J connectivity index is 2.33. The lowest BCUT2D eigenvalue weighted by molar-refractivity contribution is 0.389. The van der Waals surface area contributed by atoms with E-state index in [0.29, 0.717) is 0 Å². The molecule has 10 heavy (non-hydrogen) atoms. The molecule has 1 unspecified atom stereocenters. The first-order chi connectivity index (χ1) is 4.70. The third-order valence-corrected chi connectivity index (χ3v) is 3.42. The smallest absolute Gasteiger partial charge is 0.0919 e. The molecule has 1 atom stereocenters. The standard InChI is InChI=1S/C7H15NOS/c1-6-2-4-7(5-3-6)10(8)9/h6-7H,2-5,8H2,1H3. The van der Waals surface area contributed by atoms with Crippen LogP contribution in [-0.2, 0) is 11.0 Å². The van der Waals surface area contributed by atoms with E-state index in [1.54, 1.807) is 0 Å². The second-order valence-electron chi connectivity index (χ2n) is 3.21. The van der Waals surface area contributed by atoms with Crippen LogP contribution in [0.2, 0.25) is 0 Å². The highest BCUT2D eigenvalue weighted by Gasteiger charge is 2.20. The third kappa shape index (κ3) is 2.06. The molecule has 2 N–H and O–H groups in total. The summed E-state index contributed by atoms with van der Waals surface area (Å²) in [5.41, 5.74) is 0. The topological polar surface area (TPSA) is 43.1 Å². The van der Waals surface area contributed by atoms with Crippen molar-refractivity contribution in [3.05, 3.63) is 0 Å². The van der Waals surface area contributed by atoms with Crippen LogP contribution in [-0.4, -0.2) is 9.46 Å². The maximum atomic E-state index is 10.8. The fraction of sp³-hybridized carbons (Fsp3) is 1.00. The van der Waals surface area contributed by atoms with Crippen LogP contribution in [0.4, 0.5) is 0 Å². The minimum atomic E-state index is -1.07. The van der Waals surface area contributed by atoms with E-state index in [0.717, 1.165) is 18.8 Å². The Morgan fingerprint density at radius 1 is 1.30 bits per heavy atom. The monoisotopic (exact) mass is 161 g/mol. The number of rotatable bonds is 1. The molecule has 1 aliphatic carbocycles. The van der Waals surface area contributed by atoms with Gasteiger partial charge in [-0.3, -0.25) is 5.14 Å². The summed E-state index contributed by atoms with van der Waals surface area (Å²) in [6, 6.07) is 0. The maximum absolute atomic E-state index is 10.8. The molecule has 0 amide bonds. The fourth-order valence-electron chi connectivity index (χ4n) is 1.46. The van der Waals surface area contributed by atoms with Gasteiger partial charge in [0.1, 0.15) is 0 Å². The van der Waals surface area contributed by atoms with E-state index < -0.39 is 11.0 Å². The van der Waals surface area contributed by atoms with Crippen molar-refractivity contribution in [2.45, 2.75) is 37.9 Å². The van der Waals surface area contributed by atoms with Crippen molar-refractivity contribution in [3.63, 3.8) is 0 Å². The van der Waals surface area contributed by atoms with Crippen molar-refractivity contribution < 1.29 is 4.21 Å². The Kier molecular flexibility index (Phi) is 2.86. The Morgan fingerprint density at radius 3 is 2.20 bits per heavy atom. The van der Waals surface area contributed by atoms with Crippen molar-refractivity contribution >= 4 is 11.0 Å². The van der Waals surface area contributed by atoms with Crippen LogP contribution >= 0.6 is 0 Å². The highest BCUT2D eigenvalue weighted by atomic mass is 32.2. The average Bonchev–Trinajstić information content (AvgIpc) is 1.88. The lowest BCUT2D eigenvalue weighted by Gasteiger charge is -2.23. The van der Waals surface area contributed by atoms with E-state index >= 15 is 0 Å². The SMILES string of the molecule is CC1CCC(S(N)=O)CC1. The minimum absolute atomic E-state index is 0.288. The summed E-state index contributed by atoms with van der Waals surface area (Å²) in [4.78, 5) is 0. The van der Waals surface area contributed by atoms with E-state index in [9.17, 15) is 4.21 Å². The molecule has 1 fully saturated rings. The van der Waals surface area contributed by atoms with Crippen molar-refractivity contribution in [3.8, 4) is 0 Å². The first kappa shape index (κ1) is 8.21. The molecule has 1 aliphatic rings. The molecule has 2 nitrogen and oxygen atoms in total.